The number of amides is 1. The number of carbonyl (C=O) groups is 1. The molecule has 8 heteroatoms. The standard InChI is InChI=1S/C18H19F3N4O/c1-4-24-13-8-6-7-9-14(13)25(5-2)15(24)11-10-12-16(18(19,20)21)22-23(3)17(12)26/h6-11H,4-5H2,1-3H3/b12-10+. The highest BCUT2D eigenvalue weighted by Gasteiger charge is 2.45. The van der Waals surface area contributed by atoms with Gasteiger partial charge in [-0.15, -0.1) is 0 Å². The second-order valence-corrected chi connectivity index (χ2v) is 5.86. The third kappa shape index (κ3) is 2.85. The van der Waals surface area contributed by atoms with Crippen molar-refractivity contribution in [3.05, 3.63) is 47.8 Å². The van der Waals surface area contributed by atoms with E-state index < -0.39 is 23.4 Å². The molecule has 138 valence electrons. The van der Waals surface area contributed by atoms with Crippen LogP contribution in [0.15, 0.2) is 52.9 Å². The molecule has 0 atom stereocenters. The summed E-state index contributed by atoms with van der Waals surface area (Å²) in [5.74, 6) is -0.0386. The molecule has 1 aromatic rings. The second kappa shape index (κ2) is 6.51. The van der Waals surface area contributed by atoms with E-state index in [-0.39, 0.29) is 0 Å². The molecule has 0 radical (unpaired) electrons. The quantitative estimate of drug-likeness (QED) is 0.771. The van der Waals surface area contributed by atoms with Crippen molar-refractivity contribution < 1.29 is 18.0 Å². The van der Waals surface area contributed by atoms with E-state index in [1.807, 2.05) is 47.9 Å². The highest BCUT2D eigenvalue weighted by molar-refractivity contribution is 6.26. The second-order valence-electron chi connectivity index (χ2n) is 5.86. The van der Waals surface area contributed by atoms with Gasteiger partial charge in [-0.3, -0.25) is 4.79 Å². The van der Waals surface area contributed by atoms with Crippen LogP contribution in [-0.4, -0.2) is 42.9 Å². The van der Waals surface area contributed by atoms with Gasteiger partial charge in [0.05, 0.1) is 16.9 Å². The van der Waals surface area contributed by atoms with E-state index in [0.29, 0.717) is 18.1 Å². The molecular weight excluding hydrogens is 345 g/mol. The lowest BCUT2D eigenvalue weighted by molar-refractivity contribution is -0.124. The van der Waals surface area contributed by atoms with Gasteiger partial charge in [-0.2, -0.15) is 18.3 Å². The van der Waals surface area contributed by atoms with Gasteiger partial charge in [-0.1, -0.05) is 12.1 Å². The Morgan fingerprint density at radius 1 is 1.04 bits per heavy atom. The van der Waals surface area contributed by atoms with Gasteiger partial charge in [-0.25, -0.2) is 5.01 Å². The first kappa shape index (κ1) is 18.0. The van der Waals surface area contributed by atoms with Crippen molar-refractivity contribution in [2.75, 3.05) is 29.9 Å². The van der Waals surface area contributed by atoms with Crippen LogP contribution in [0, 0.1) is 0 Å². The maximum absolute atomic E-state index is 13.2. The first-order valence-corrected chi connectivity index (χ1v) is 8.29. The van der Waals surface area contributed by atoms with Crippen molar-refractivity contribution in [3.63, 3.8) is 0 Å². The van der Waals surface area contributed by atoms with Crippen molar-refractivity contribution in [2.24, 2.45) is 5.10 Å². The van der Waals surface area contributed by atoms with E-state index in [0.717, 1.165) is 17.2 Å². The minimum Gasteiger partial charge on any atom is -0.326 e. The molecule has 0 unspecified atom stereocenters. The fraction of sp³-hybridized carbons (Fsp3) is 0.333. The number of anilines is 2. The minimum atomic E-state index is -4.68. The number of hydrogen-bond acceptors (Lipinski definition) is 4. The number of fused-ring (bicyclic) bond motifs is 1. The SMILES string of the molecule is CCN1C(=C/C=C2/C(=O)N(C)N=C2C(F)(F)F)N(CC)c2ccccc21. The van der Waals surface area contributed by atoms with Crippen molar-refractivity contribution in [3.8, 4) is 0 Å². The molecule has 26 heavy (non-hydrogen) atoms. The molecule has 0 saturated heterocycles. The summed E-state index contributed by atoms with van der Waals surface area (Å²) in [5, 5.41) is 4.05. The number of carbonyl (C=O) groups excluding carboxylic acids is 1. The highest BCUT2D eigenvalue weighted by atomic mass is 19.4. The Morgan fingerprint density at radius 3 is 2.04 bits per heavy atom. The molecular formula is C18H19F3N4O. The predicted molar refractivity (Wildman–Crippen MR) is 94.9 cm³/mol. The Morgan fingerprint density at radius 2 is 1.58 bits per heavy atom. The molecule has 5 nitrogen and oxygen atoms in total. The summed E-state index contributed by atoms with van der Waals surface area (Å²) in [6.45, 7) is 5.23. The number of likely N-dealkylation sites (N-methyl/N-ethyl adjacent to an activating group) is 1. The van der Waals surface area contributed by atoms with Gasteiger partial charge in [0.15, 0.2) is 5.71 Å². The van der Waals surface area contributed by atoms with Crippen LogP contribution in [0.3, 0.4) is 0 Å². The Kier molecular flexibility index (Phi) is 4.52. The van der Waals surface area contributed by atoms with Crippen LogP contribution < -0.4 is 9.80 Å². The summed E-state index contributed by atoms with van der Waals surface area (Å²) >= 11 is 0. The number of rotatable bonds is 3. The molecule has 1 amide bonds. The molecule has 2 heterocycles. The number of allylic oxidation sites excluding steroid dienone is 2. The normalized spacial score (nSPS) is 18.8. The van der Waals surface area contributed by atoms with Gasteiger partial charge in [0.1, 0.15) is 5.82 Å². The van der Waals surface area contributed by atoms with Gasteiger partial charge in [0.2, 0.25) is 0 Å². The molecule has 0 saturated carbocycles. The third-order valence-electron chi connectivity index (χ3n) is 4.35. The lowest BCUT2D eigenvalue weighted by Gasteiger charge is -2.23. The summed E-state index contributed by atoms with van der Waals surface area (Å²) in [7, 11) is 1.21. The van der Waals surface area contributed by atoms with Crippen LogP contribution in [0.2, 0.25) is 0 Å². The average Bonchev–Trinajstić information content (AvgIpc) is 3.07. The lowest BCUT2D eigenvalue weighted by atomic mass is 10.1. The van der Waals surface area contributed by atoms with E-state index in [1.54, 1.807) is 6.08 Å². The Hall–Kier alpha value is -2.77. The van der Waals surface area contributed by atoms with Crippen LogP contribution in [0.5, 0.6) is 0 Å². The molecule has 0 spiro atoms. The van der Waals surface area contributed by atoms with Gasteiger partial charge >= 0.3 is 6.18 Å². The highest BCUT2D eigenvalue weighted by Crippen LogP contribution is 2.41. The third-order valence-corrected chi connectivity index (χ3v) is 4.35. The maximum atomic E-state index is 13.2. The van der Waals surface area contributed by atoms with E-state index >= 15 is 0 Å². The van der Waals surface area contributed by atoms with Crippen LogP contribution in [0.25, 0.3) is 0 Å². The summed E-state index contributed by atoms with van der Waals surface area (Å²) in [4.78, 5) is 16.1. The molecule has 2 aliphatic heterocycles. The van der Waals surface area contributed by atoms with Gasteiger partial charge < -0.3 is 9.80 Å². The molecule has 2 aliphatic rings. The average molecular weight is 364 g/mol. The molecule has 0 bridgehead atoms. The number of benzene rings is 1. The number of para-hydroxylation sites is 2. The van der Waals surface area contributed by atoms with E-state index in [4.69, 9.17) is 0 Å². The van der Waals surface area contributed by atoms with Crippen molar-refractivity contribution >= 4 is 23.0 Å². The largest absolute Gasteiger partial charge is 0.435 e. The van der Waals surface area contributed by atoms with Crippen LogP contribution in [0.4, 0.5) is 24.5 Å². The smallest absolute Gasteiger partial charge is 0.326 e. The van der Waals surface area contributed by atoms with E-state index in [1.165, 1.54) is 13.1 Å². The van der Waals surface area contributed by atoms with Gasteiger partial charge in [-0.05, 0) is 38.1 Å². The van der Waals surface area contributed by atoms with Crippen molar-refractivity contribution in [2.45, 2.75) is 20.0 Å². The summed E-state index contributed by atoms with van der Waals surface area (Å²) in [5.41, 5.74) is 0.362. The molecule has 0 aliphatic carbocycles. The summed E-state index contributed by atoms with van der Waals surface area (Å²) in [6, 6.07) is 7.76. The molecule has 3 rings (SSSR count). The molecule has 0 N–H and O–H groups in total. The first-order chi connectivity index (χ1) is 12.3. The summed E-state index contributed by atoms with van der Waals surface area (Å²) < 4.78 is 39.5. The van der Waals surface area contributed by atoms with Crippen LogP contribution >= 0.6 is 0 Å². The van der Waals surface area contributed by atoms with Crippen molar-refractivity contribution in [1.29, 1.82) is 0 Å². The van der Waals surface area contributed by atoms with Crippen LogP contribution in [-0.2, 0) is 4.79 Å². The number of alkyl halides is 3. The summed E-state index contributed by atoms with van der Waals surface area (Å²) in [6.07, 6.45) is -1.91. The van der Waals surface area contributed by atoms with E-state index in [9.17, 15) is 18.0 Å². The maximum Gasteiger partial charge on any atom is 0.435 e. The minimum absolute atomic E-state index is 0.449. The fourth-order valence-corrected chi connectivity index (χ4v) is 3.20. The fourth-order valence-electron chi connectivity index (χ4n) is 3.20. The number of nitrogens with zero attached hydrogens (tertiary/aromatic N) is 4. The zero-order valence-corrected chi connectivity index (χ0v) is 14.7. The van der Waals surface area contributed by atoms with E-state index in [2.05, 4.69) is 5.10 Å². The van der Waals surface area contributed by atoms with Gasteiger partial charge in [0, 0.05) is 20.1 Å². The number of hydrogen-bond donors (Lipinski definition) is 0. The molecule has 1 aromatic carbocycles. The molecule has 0 aromatic heterocycles. The zero-order chi connectivity index (χ0) is 19.1. The Balaban J connectivity index is 2.05. The monoisotopic (exact) mass is 364 g/mol. The van der Waals surface area contributed by atoms with Gasteiger partial charge in [0.25, 0.3) is 5.91 Å². The van der Waals surface area contributed by atoms with Crippen LogP contribution in [0.1, 0.15) is 13.8 Å². The predicted octanol–water partition coefficient (Wildman–Crippen LogP) is 3.51. The Labute approximate surface area is 149 Å². The number of hydrazone groups is 1. The molecule has 0 fully saturated rings. The topological polar surface area (TPSA) is 39.2 Å². The zero-order valence-electron chi connectivity index (χ0n) is 14.7. The first-order valence-electron chi connectivity index (χ1n) is 8.29. The number of halogens is 3. The lowest BCUT2D eigenvalue weighted by Crippen LogP contribution is -2.28. The Bertz CT molecular complexity index is 793. The van der Waals surface area contributed by atoms with Crippen molar-refractivity contribution in [1.82, 2.24) is 5.01 Å².